The van der Waals surface area contributed by atoms with Crippen molar-refractivity contribution in [1.29, 1.82) is 0 Å². The van der Waals surface area contributed by atoms with E-state index in [1.165, 1.54) is 84.7 Å². The lowest BCUT2D eigenvalue weighted by molar-refractivity contribution is 0.702. The maximum absolute atomic E-state index is 3.86. The monoisotopic (exact) mass is 376 g/mol. The lowest BCUT2D eigenvalue weighted by atomic mass is 9.90. The van der Waals surface area contributed by atoms with Crippen LogP contribution in [-0.4, -0.2) is 0 Å². The second kappa shape index (κ2) is 21.3. The maximum Gasteiger partial charge on any atom is -0.0198 e. The zero-order valence-electron chi connectivity index (χ0n) is 20.9. The largest absolute Gasteiger partial charge is 0.0984 e. The predicted octanol–water partition coefficient (Wildman–Crippen LogP) is 10.1. The van der Waals surface area contributed by atoms with Crippen LogP contribution in [-0.2, 0) is 0 Å². The smallest absolute Gasteiger partial charge is 0.0198 e. The van der Waals surface area contributed by atoms with E-state index < -0.39 is 0 Å². The van der Waals surface area contributed by atoms with E-state index in [0.717, 1.165) is 0 Å². The molecule has 0 atom stereocenters. The molecule has 0 amide bonds. The first-order chi connectivity index (χ1) is 12.8. The summed E-state index contributed by atoms with van der Waals surface area (Å²) >= 11 is 0. The van der Waals surface area contributed by atoms with Crippen molar-refractivity contribution in [3.05, 3.63) is 40.0 Å². The van der Waals surface area contributed by atoms with Crippen LogP contribution in [0.15, 0.2) is 6.58 Å². The first-order valence-corrected chi connectivity index (χ1v) is 11.5. The predicted molar refractivity (Wildman–Crippen MR) is 131 cm³/mol. The van der Waals surface area contributed by atoms with Gasteiger partial charge in [-0.05, 0) is 68.0 Å². The molecule has 0 aliphatic rings. The summed E-state index contributed by atoms with van der Waals surface area (Å²) in [7, 11) is 0. The molecule has 0 nitrogen and oxygen atoms in total. The second-order valence-electron chi connectivity index (χ2n) is 7.16. The zero-order chi connectivity index (χ0) is 21.8. The summed E-state index contributed by atoms with van der Waals surface area (Å²) in [5.74, 6) is 0. The van der Waals surface area contributed by atoms with E-state index in [-0.39, 0.29) is 0 Å². The quantitative estimate of drug-likeness (QED) is 0.415. The standard InChI is InChI=1S/C13H18.2C6H14.C2H6/c1-7-13-11(5)9(3)8(2)10(4)12(13)6;2*1-3-5-6-4-2;1-2/h7H,1H2,2-6H3;2*3-6H2,1-2H3;1-2H3. The van der Waals surface area contributed by atoms with Crippen LogP contribution in [0.2, 0.25) is 0 Å². The van der Waals surface area contributed by atoms with Gasteiger partial charge in [-0.2, -0.15) is 0 Å². The molecule has 0 radical (unpaired) electrons. The van der Waals surface area contributed by atoms with Gasteiger partial charge < -0.3 is 0 Å². The van der Waals surface area contributed by atoms with Crippen molar-refractivity contribution in [2.75, 3.05) is 0 Å². The fourth-order valence-corrected chi connectivity index (χ4v) is 2.84. The van der Waals surface area contributed by atoms with Gasteiger partial charge in [0.25, 0.3) is 0 Å². The van der Waals surface area contributed by atoms with Crippen molar-refractivity contribution in [2.45, 2.75) is 128 Å². The van der Waals surface area contributed by atoms with Crippen LogP contribution >= 0.6 is 0 Å². The maximum atomic E-state index is 3.86. The number of benzene rings is 1. The van der Waals surface area contributed by atoms with Crippen molar-refractivity contribution < 1.29 is 0 Å². The SMILES string of the molecule is C=Cc1c(C)c(C)c(C)c(C)c1C.CC.CCCCCC.CCCCCC. The topological polar surface area (TPSA) is 0 Å². The number of hydrogen-bond donors (Lipinski definition) is 0. The molecule has 1 aromatic carbocycles. The molecule has 0 unspecified atom stereocenters. The van der Waals surface area contributed by atoms with Gasteiger partial charge in [-0.3, -0.25) is 0 Å². The van der Waals surface area contributed by atoms with E-state index in [2.05, 4.69) is 68.9 Å². The van der Waals surface area contributed by atoms with Crippen molar-refractivity contribution >= 4 is 6.08 Å². The number of unbranched alkanes of at least 4 members (excludes halogenated alkanes) is 6. The van der Waals surface area contributed by atoms with Crippen LogP contribution in [0.4, 0.5) is 0 Å². The molecule has 0 heteroatoms. The molecule has 0 saturated heterocycles. The second-order valence-corrected chi connectivity index (χ2v) is 7.16. The van der Waals surface area contributed by atoms with Crippen LogP contribution < -0.4 is 0 Å². The average Bonchev–Trinajstić information content (AvgIpc) is 2.70. The normalized spacial score (nSPS) is 9.15. The lowest BCUT2D eigenvalue weighted by Gasteiger charge is -2.15. The Morgan fingerprint density at radius 2 is 0.741 bits per heavy atom. The highest BCUT2D eigenvalue weighted by atomic mass is 14.1. The molecule has 0 aliphatic heterocycles. The van der Waals surface area contributed by atoms with E-state index in [1.807, 2.05) is 19.9 Å². The Balaban J connectivity index is -0.000000347. The van der Waals surface area contributed by atoms with Crippen LogP contribution in [0.1, 0.15) is 126 Å². The van der Waals surface area contributed by atoms with Gasteiger partial charge in [-0.1, -0.05) is 106 Å². The Labute approximate surface area is 173 Å². The first kappa shape index (κ1) is 30.7. The van der Waals surface area contributed by atoms with Gasteiger partial charge in [-0.15, -0.1) is 0 Å². The van der Waals surface area contributed by atoms with Crippen LogP contribution in [0, 0.1) is 34.6 Å². The summed E-state index contributed by atoms with van der Waals surface area (Å²) in [5.41, 5.74) is 8.27. The average molecular weight is 377 g/mol. The van der Waals surface area contributed by atoms with Gasteiger partial charge in [0.1, 0.15) is 0 Å². The molecule has 0 bridgehead atoms. The van der Waals surface area contributed by atoms with Crippen molar-refractivity contribution in [3.63, 3.8) is 0 Å². The molecule has 0 heterocycles. The minimum absolute atomic E-state index is 1.31. The van der Waals surface area contributed by atoms with E-state index in [0.29, 0.717) is 0 Å². The van der Waals surface area contributed by atoms with Gasteiger partial charge in [0, 0.05) is 0 Å². The Morgan fingerprint density at radius 1 is 0.519 bits per heavy atom. The fourth-order valence-electron chi connectivity index (χ4n) is 2.84. The molecule has 0 N–H and O–H groups in total. The van der Waals surface area contributed by atoms with Crippen molar-refractivity contribution in [1.82, 2.24) is 0 Å². The summed E-state index contributed by atoms with van der Waals surface area (Å²) in [6.07, 6.45) is 13.0. The van der Waals surface area contributed by atoms with Crippen LogP contribution in [0.25, 0.3) is 6.08 Å². The summed E-state index contributed by atoms with van der Waals surface area (Å²) in [4.78, 5) is 0. The highest BCUT2D eigenvalue weighted by Gasteiger charge is 2.08. The highest BCUT2D eigenvalue weighted by molar-refractivity contribution is 5.62. The summed E-state index contributed by atoms with van der Waals surface area (Å²) in [5, 5.41) is 0. The fraction of sp³-hybridized carbons (Fsp3) is 0.704. The Kier molecular flexibility index (Phi) is 24.2. The minimum atomic E-state index is 1.31. The van der Waals surface area contributed by atoms with E-state index in [1.54, 1.807) is 0 Å². The Morgan fingerprint density at radius 3 is 0.926 bits per heavy atom. The molecular weight excluding hydrogens is 324 g/mol. The molecular formula is C27H52. The van der Waals surface area contributed by atoms with Crippen LogP contribution in [0.3, 0.4) is 0 Å². The van der Waals surface area contributed by atoms with Crippen molar-refractivity contribution in [2.24, 2.45) is 0 Å². The van der Waals surface area contributed by atoms with Gasteiger partial charge in [0.2, 0.25) is 0 Å². The molecule has 1 rings (SSSR count). The highest BCUT2D eigenvalue weighted by Crippen LogP contribution is 2.26. The lowest BCUT2D eigenvalue weighted by Crippen LogP contribution is -1.98. The molecule has 0 fully saturated rings. The molecule has 1 aromatic rings. The number of rotatable bonds is 7. The molecule has 0 aromatic heterocycles. The third-order valence-electron chi connectivity index (χ3n) is 5.18. The Hall–Kier alpha value is -1.04. The summed E-state index contributed by atoms with van der Waals surface area (Å²) < 4.78 is 0. The first-order valence-electron chi connectivity index (χ1n) is 11.5. The number of hydrogen-bond acceptors (Lipinski definition) is 0. The molecule has 0 saturated carbocycles. The third-order valence-corrected chi connectivity index (χ3v) is 5.18. The Bertz CT molecular complexity index is 420. The van der Waals surface area contributed by atoms with E-state index >= 15 is 0 Å². The van der Waals surface area contributed by atoms with E-state index in [4.69, 9.17) is 0 Å². The van der Waals surface area contributed by atoms with Gasteiger partial charge in [-0.25, -0.2) is 0 Å². The molecule has 160 valence electrons. The molecule has 0 spiro atoms. The van der Waals surface area contributed by atoms with E-state index in [9.17, 15) is 0 Å². The minimum Gasteiger partial charge on any atom is -0.0984 e. The third kappa shape index (κ3) is 13.7. The van der Waals surface area contributed by atoms with Gasteiger partial charge in [0.15, 0.2) is 0 Å². The summed E-state index contributed by atoms with van der Waals surface area (Å²) in [6.45, 7) is 27.7. The van der Waals surface area contributed by atoms with Gasteiger partial charge >= 0.3 is 0 Å². The van der Waals surface area contributed by atoms with Crippen molar-refractivity contribution in [3.8, 4) is 0 Å². The van der Waals surface area contributed by atoms with Gasteiger partial charge in [0.05, 0.1) is 0 Å². The molecule has 27 heavy (non-hydrogen) atoms. The molecule has 0 aliphatic carbocycles. The zero-order valence-corrected chi connectivity index (χ0v) is 20.9. The summed E-state index contributed by atoms with van der Waals surface area (Å²) in [6, 6.07) is 0. The van der Waals surface area contributed by atoms with Crippen LogP contribution in [0.5, 0.6) is 0 Å².